The zero-order chi connectivity index (χ0) is 22.7. The number of nitrogens with one attached hydrogen (secondary N) is 1. The first-order valence-corrected chi connectivity index (χ1v) is 11.5. The highest BCUT2D eigenvalue weighted by Crippen LogP contribution is 2.25. The monoisotopic (exact) mass is 443 g/mol. The zero-order valence-corrected chi connectivity index (χ0v) is 19.1. The Kier molecular flexibility index (Phi) is 6.42. The molecule has 0 spiro atoms. The van der Waals surface area contributed by atoms with Gasteiger partial charge in [0.25, 0.3) is 5.56 Å². The predicted octanol–water partition coefficient (Wildman–Crippen LogP) is 4.97. The first-order chi connectivity index (χ1) is 15.5. The van der Waals surface area contributed by atoms with Gasteiger partial charge in [0.2, 0.25) is 5.91 Å². The summed E-state index contributed by atoms with van der Waals surface area (Å²) in [7, 11) is 0. The van der Waals surface area contributed by atoms with Crippen LogP contribution < -0.4 is 10.9 Å². The lowest BCUT2D eigenvalue weighted by molar-refractivity contribution is -0.119. The van der Waals surface area contributed by atoms with E-state index in [0.717, 1.165) is 22.4 Å². The quantitative estimate of drug-likeness (QED) is 0.337. The van der Waals surface area contributed by atoms with E-state index < -0.39 is 0 Å². The van der Waals surface area contributed by atoms with Crippen LogP contribution in [0.15, 0.2) is 82.7 Å². The number of benzene rings is 3. The van der Waals surface area contributed by atoms with Crippen LogP contribution in [-0.2, 0) is 4.79 Å². The fraction of sp³-hybridized carbons (Fsp3) is 0.192. The van der Waals surface area contributed by atoms with Crippen molar-refractivity contribution in [3.63, 3.8) is 0 Å². The minimum Gasteiger partial charge on any atom is -0.349 e. The van der Waals surface area contributed by atoms with Gasteiger partial charge in [-0.1, -0.05) is 72.4 Å². The highest BCUT2D eigenvalue weighted by atomic mass is 32.2. The van der Waals surface area contributed by atoms with Crippen molar-refractivity contribution >= 4 is 28.6 Å². The number of hydrogen-bond acceptors (Lipinski definition) is 4. The number of amides is 1. The summed E-state index contributed by atoms with van der Waals surface area (Å²) in [6.07, 6.45) is 0. The zero-order valence-electron chi connectivity index (χ0n) is 18.3. The summed E-state index contributed by atoms with van der Waals surface area (Å²) in [6.45, 7) is 5.91. The predicted molar refractivity (Wildman–Crippen MR) is 131 cm³/mol. The summed E-state index contributed by atoms with van der Waals surface area (Å²) in [6, 6.07) is 23.0. The summed E-state index contributed by atoms with van der Waals surface area (Å²) in [5.74, 6) is 0.0502. The molecular formula is C26H25N3O2S. The Labute approximate surface area is 191 Å². The second kappa shape index (κ2) is 9.40. The molecule has 1 amide bonds. The van der Waals surface area contributed by atoms with E-state index in [4.69, 9.17) is 4.98 Å². The van der Waals surface area contributed by atoms with E-state index in [0.29, 0.717) is 16.1 Å². The van der Waals surface area contributed by atoms with E-state index in [1.807, 2.05) is 87.5 Å². The summed E-state index contributed by atoms with van der Waals surface area (Å²) >= 11 is 1.27. The van der Waals surface area contributed by atoms with Crippen molar-refractivity contribution in [3.05, 3.63) is 99.8 Å². The summed E-state index contributed by atoms with van der Waals surface area (Å²) < 4.78 is 1.64. The van der Waals surface area contributed by atoms with E-state index in [1.165, 1.54) is 11.8 Å². The highest BCUT2D eigenvalue weighted by molar-refractivity contribution is 7.99. The van der Waals surface area contributed by atoms with Gasteiger partial charge in [-0.25, -0.2) is 4.98 Å². The van der Waals surface area contributed by atoms with E-state index in [1.54, 1.807) is 10.6 Å². The topological polar surface area (TPSA) is 64.0 Å². The Morgan fingerprint density at radius 2 is 1.62 bits per heavy atom. The van der Waals surface area contributed by atoms with Crippen LogP contribution in [0.2, 0.25) is 0 Å². The van der Waals surface area contributed by atoms with Crippen LogP contribution in [0.1, 0.15) is 29.7 Å². The molecule has 32 heavy (non-hydrogen) atoms. The molecule has 4 aromatic rings. The maximum absolute atomic E-state index is 13.5. The van der Waals surface area contributed by atoms with E-state index in [2.05, 4.69) is 5.32 Å². The molecule has 0 bridgehead atoms. The van der Waals surface area contributed by atoms with Gasteiger partial charge in [0, 0.05) is 0 Å². The summed E-state index contributed by atoms with van der Waals surface area (Å²) in [5, 5.41) is 4.09. The summed E-state index contributed by atoms with van der Waals surface area (Å²) in [5.41, 5.74) is 4.31. The molecule has 0 aliphatic rings. The second-order valence-electron chi connectivity index (χ2n) is 7.78. The maximum Gasteiger partial charge on any atom is 0.266 e. The third-order valence-electron chi connectivity index (χ3n) is 5.42. The van der Waals surface area contributed by atoms with Gasteiger partial charge in [-0.05, 0) is 49.6 Å². The molecule has 0 radical (unpaired) electrons. The molecule has 5 nitrogen and oxygen atoms in total. The number of nitrogens with zero attached hydrogens (tertiary/aromatic N) is 2. The number of carbonyl (C=O) groups excluding carboxylic acids is 1. The van der Waals surface area contributed by atoms with Crippen LogP contribution in [-0.4, -0.2) is 21.2 Å². The number of rotatable bonds is 6. The molecule has 0 saturated carbocycles. The van der Waals surface area contributed by atoms with Crippen molar-refractivity contribution in [2.24, 2.45) is 0 Å². The average Bonchev–Trinajstić information content (AvgIpc) is 2.79. The molecule has 0 saturated heterocycles. The number of carbonyl (C=O) groups is 1. The van der Waals surface area contributed by atoms with Crippen LogP contribution in [0.5, 0.6) is 0 Å². The number of fused-ring (bicyclic) bond motifs is 1. The van der Waals surface area contributed by atoms with E-state index >= 15 is 0 Å². The van der Waals surface area contributed by atoms with Gasteiger partial charge in [0.05, 0.1) is 28.4 Å². The molecule has 162 valence electrons. The Balaban J connectivity index is 1.67. The molecule has 3 aromatic carbocycles. The first kappa shape index (κ1) is 21.8. The van der Waals surface area contributed by atoms with Crippen LogP contribution in [0.3, 0.4) is 0 Å². The SMILES string of the molecule is Cc1cccc(C)c1-n1c(SCC(=O)NC(C)c2ccccc2)nc2ccccc2c1=O. The third-order valence-corrected chi connectivity index (χ3v) is 6.36. The molecule has 4 rings (SSSR count). The van der Waals surface area contributed by atoms with Crippen molar-refractivity contribution < 1.29 is 4.79 Å². The molecule has 1 atom stereocenters. The fourth-order valence-corrected chi connectivity index (χ4v) is 4.61. The molecule has 0 aliphatic heterocycles. The first-order valence-electron chi connectivity index (χ1n) is 10.5. The standard InChI is InChI=1S/C26H25N3O2S/c1-17-10-9-11-18(2)24(17)29-25(31)21-14-7-8-15-22(21)28-26(29)32-16-23(30)27-19(3)20-12-5-4-6-13-20/h4-15,19H,16H2,1-3H3,(H,27,30). The highest BCUT2D eigenvalue weighted by Gasteiger charge is 2.18. The minimum atomic E-state index is -0.131. The van der Waals surface area contributed by atoms with Crippen LogP contribution >= 0.6 is 11.8 Å². The number of aromatic nitrogens is 2. The molecule has 0 aliphatic carbocycles. The van der Waals surface area contributed by atoms with Crippen LogP contribution in [0.25, 0.3) is 16.6 Å². The maximum atomic E-state index is 13.5. The Bertz CT molecular complexity index is 1310. The number of aryl methyl sites for hydroxylation is 2. The third kappa shape index (κ3) is 4.46. The second-order valence-corrected chi connectivity index (χ2v) is 8.72. The number of hydrogen-bond donors (Lipinski definition) is 1. The summed E-state index contributed by atoms with van der Waals surface area (Å²) in [4.78, 5) is 30.9. The largest absolute Gasteiger partial charge is 0.349 e. The van der Waals surface area contributed by atoms with Crippen LogP contribution in [0.4, 0.5) is 0 Å². The van der Waals surface area contributed by atoms with Crippen molar-refractivity contribution in [3.8, 4) is 5.69 Å². The lowest BCUT2D eigenvalue weighted by Gasteiger charge is -2.18. The molecule has 6 heteroatoms. The van der Waals surface area contributed by atoms with Gasteiger partial charge < -0.3 is 5.32 Å². The average molecular weight is 444 g/mol. The molecule has 0 fully saturated rings. The van der Waals surface area contributed by atoms with Gasteiger partial charge in [-0.2, -0.15) is 0 Å². The van der Waals surface area contributed by atoms with Crippen molar-refractivity contribution in [1.29, 1.82) is 0 Å². The number of thioether (sulfide) groups is 1. The lowest BCUT2D eigenvalue weighted by Crippen LogP contribution is -2.29. The van der Waals surface area contributed by atoms with Gasteiger partial charge in [-0.15, -0.1) is 0 Å². The normalized spacial score (nSPS) is 12.0. The van der Waals surface area contributed by atoms with Gasteiger partial charge >= 0.3 is 0 Å². The smallest absolute Gasteiger partial charge is 0.266 e. The Morgan fingerprint density at radius 1 is 0.969 bits per heavy atom. The van der Waals surface area contributed by atoms with Crippen molar-refractivity contribution in [1.82, 2.24) is 14.9 Å². The van der Waals surface area contributed by atoms with Crippen molar-refractivity contribution in [2.45, 2.75) is 32.0 Å². The molecule has 1 heterocycles. The van der Waals surface area contributed by atoms with Gasteiger partial charge in [-0.3, -0.25) is 14.2 Å². The van der Waals surface area contributed by atoms with E-state index in [-0.39, 0.29) is 23.3 Å². The molecule has 1 N–H and O–H groups in total. The molecule has 1 aromatic heterocycles. The van der Waals surface area contributed by atoms with Crippen LogP contribution in [0, 0.1) is 13.8 Å². The Morgan fingerprint density at radius 3 is 2.34 bits per heavy atom. The van der Waals surface area contributed by atoms with Crippen molar-refractivity contribution in [2.75, 3.05) is 5.75 Å². The minimum absolute atomic E-state index is 0.102. The molecular weight excluding hydrogens is 418 g/mol. The van der Waals surface area contributed by atoms with Gasteiger partial charge in [0.1, 0.15) is 0 Å². The fourth-order valence-electron chi connectivity index (χ4n) is 3.80. The van der Waals surface area contributed by atoms with E-state index in [9.17, 15) is 9.59 Å². The molecule has 1 unspecified atom stereocenters. The lowest BCUT2D eigenvalue weighted by atomic mass is 10.1. The van der Waals surface area contributed by atoms with Gasteiger partial charge in [0.15, 0.2) is 5.16 Å². The Hall–Kier alpha value is -3.38. The number of para-hydroxylation sites is 2.